The molecular formula is C18H21BrN4O. The summed E-state index contributed by atoms with van der Waals surface area (Å²) in [5.74, 6) is 1.88. The van der Waals surface area contributed by atoms with E-state index in [0.717, 1.165) is 46.0 Å². The highest BCUT2D eigenvalue weighted by molar-refractivity contribution is 9.10. The van der Waals surface area contributed by atoms with Crippen LogP contribution in [0.3, 0.4) is 0 Å². The zero-order valence-corrected chi connectivity index (χ0v) is 15.8. The summed E-state index contributed by atoms with van der Waals surface area (Å²) in [5.41, 5.74) is 2.87. The molecule has 1 aliphatic heterocycles. The molecule has 2 aromatic rings. The Morgan fingerprint density at radius 1 is 1.00 bits per heavy atom. The van der Waals surface area contributed by atoms with E-state index in [9.17, 15) is 4.79 Å². The zero-order chi connectivity index (χ0) is 17.3. The minimum absolute atomic E-state index is 0.0916. The molecule has 5 nitrogen and oxygen atoms in total. The fraction of sp³-hybridized carbons (Fsp3) is 0.389. The van der Waals surface area contributed by atoms with Crippen molar-refractivity contribution < 1.29 is 4.79 Å². The van der Waals surface area contributed by atoms with Crippen molar-refractivity contribution in [1.29, 1.82) is 0 Å². The van der Waals surface area contributed by atoms with Gasteiger partial charge in [0.25, 0.3) is 5.91 Å². The molecule has 24 heavy (non-hydrogen) atoms. The first-order valence-electron chi connectivity index (χ1n) is 8.07. The summed E-state index contributed by atoms with van der Waals surface area (Å²) >= 11 is 3.40. The van der Waals surface area contributed by atoms with Gasteiger partial charge in [-0.3, -0.25) is 4.79 Å². The monoisotopic (exact) mass is 388 g/mol. The number of rotatable bonds is 2. The van der Waals surface area contributed by atoms with Crippen LogP contribution in [-0.2, 0) is 0 Å². The molecule has 0 saturated carbocycles. The fourth-order valence-electron chi connectivity index (χ4n) is 2.95. The van der Waals surface area contributed by atoms with Crippen LogP contribution >= 0.6 is 15.9 Å². The number of piperazine rings is 1. The van der Waals surface area contributed by atoms with Gasteiger partial charge in [-0.25, -0.2) is 9.97 Å². The highest BCUT2D eigenvalue weighted by Crippen LogP contribution is 2.21. The Bertz CT molecular complexity index is 752. The number of benzene rings is 1. The van der Waals surface area contributed by atoms with Crippen LogP contribution in [0, 0.1) is 20.8 Å². The quantitative estimate of drug-likeness (QED) is 0.792. The van der Waals surface area contributed by atoms with E-state index in [1.807, 2.05) is 43.0 Å². The molecule has 0 radical (unpaired) electrons. The first-order chi connectivity index (χ1) is 11.5. The first-order valence-corrected chi connectivity index (χ1v) is 8.86. The van der Waals surface area contributed by atoms with Crippen molar-refractivity contribution in [2.45, 2.75) is 20.8 Å². The van der Waals surface area contributed by atoms with E-state index in [2.05, 4.69) is 37.7 Å². The number of halogens is 1. The lowest BCUT2D eigenvalue weighted by molar-refractivity contribution is 0.0746. The second-order valence-corrected chi connectivity index (χ2v) is 7.01. The number of aryl methyl sites for hydroxylation is 2. The topological polar surface area (TPSA) is 49.3 Å². The molecule has 1 saturated heterocycles. The Balaban J connectivity index is 1.70. The van der Waals surface area contributed by atoms with Crippen LogP contribution in [0.5, 0.6) is 0 Å². The molecule has 1 aliphatic rings. The standard InChI is InChI=1S/C18H21BrN4O/c1-12-13(2)20-14(3)21-17(12)22-8-10-23(11-9-22)18(24)15-4-6-16(19)7-5-15/h4-7H,8-11H2,1-3H3. The minimum Gasteiger partial charge on any atom is -0.353 e. The summed E-state index contributed by atoms with van der Waals surface area (Å²) in [6.07, 6.45) is 0. The van der Waals surface area contributed by atoms with Crippen molar-refractivity contribution >= 4 is 27.7 Å². The van der Waals surface area contributed by atoms with Crippen molar-refractivity contribution in [2.24, 2.45) is 0 Å². The van der Waals surface area contributed by atoms with E-state index in [-0.39, 0.29) is 5.91 Å². The molecule has 0 bridgehead atoms. The van der Waals surface area contributed by atoms with Crippen molar-refractivity contribution in [3.8, 4) is 0 Å². The van der Waals surface area contributed by atoms with E-state index >= 15 is 0 Å². The highest BCUT2D eigenvalue weighted by Gasteiger charge is 2.24. The lowest BCUT2D eigenvalue weighted by Crippen LogP contribution is -2.49. The van der Waals surface area contributed by atoms with Crippen molar-refractivity contribution in [1.82, 2.24) is 14.9 Å². The van der Waals surface area contributed by atoms with Gasteiger partial charge >= 0.3 is 0 Å². The molecule has 0 spiro atoms. The number of hydrogen-bond acceptors (Lipinski definition) is 4. The molecule has 2 heterocycles. The summed E-state index contributed by atoms with van der Waals surface area (Å²) in [7, 11) is 0. The average molecular weight is 389 g/mol. The molecule has 126 valence electrons. The molecule has 0 N–H and O–H groups in total. The minimum atomic E-state index is 0.0916. The molecule has 1 fully saturated rings. The third kappa shape index (κ3) is 3.43. The van der Waals surface area contributed by atoms with Crippen LogP contribution in [0.25, 0.3) is 0 Å². The van der Waals surface area contributed by atoms with Gasteiger partial charge in [0, 0.05) is 47.5 Å². The van der Waals surface area contributed by atoms with Gasteiger partial charge in [0.1, 0.15) is 11.6 Å². The second-order valence-electron chi connectivity index (χ2n) is 6.09. The van der Waals surface area contributed by atoms with Crippen LogP contribution in [0.4, 0.5) is 5.82 Å². The van der Waals surface area contributed by atoms with E-state index in [1.54, 1.807) is 0 Å². The lowest BCUT2D eigenvalue weighted by Gasteiger charge is -2.36. The molecule has 0 unspecified atom stereocenters. The highest BCUT2D eigenvalue weighted by atomic mass is 79.9. The first kappa shape index (κ1) is 16.9. The number of aromatic nitrogens is 2. The predicted octanol–water partition coefficient (Wildman–Crippen LogP) is 3.13. The van der Waals surface area contributed by atoms with Crippen molar-refractivity contribution in [3.63, 3.8) is 0 Å². The maximum atomic E-state index is 12.6. The van der Waals surface area contributed by atoms with Crippen LogP contribution < -0.4 is 4.90 Å². The summed E-state index contributed by atoms with van der Waals surface area (Å²) in [5, 5.41) is 0. The molecule has 1 aromatic heterocycles. The fourth-order valence-corrected chi connectivity index (χ4v) is 3.22. The van der Waals surface area contributed by atoms with E-state index < -0.39 is 0 Å². The van der Waals surface area contributed by atoms with Gasteiger partial charge in [-0.2, -0.15) is 0 Å². The summed E-state index contributed by atoms with van der Waals surface area (Å²) in [6, 6.07) is 7.53. The number of carbonyl (C=O) groups excluding carboxylic acids is 1. The summed E-state index contributed by atoms with van der Waals surface area (Å²) < 4.78 is 0.980. The van der Waals surface area contributed by atoms with E-state index in [0.29, 0.717) is 13.1 Å². The zero-order valence-electron chi connectivity index (χ0n) is 14.2. The van der Waals surface area contributed by atoms with Crippen molar-refractivity contribution in [2.75, 3.05) is 31.1 Å². The molecule has 0 atom stereocenters. The Kier molecular flexibility index (Phi) is 4.85. The third-order valence-corrected chi connectivity index (χ3v) is 4.96. The average Bonchev–Trinajstić information content (AvgIpc) is 2.58. The molecular weight excluding hydrogens is 368 g/mol. The van der Waals surface area contributed by atoms with Crippen molar-refractivity contribution in [3.05, 3.63) is 51.4 Å². The van der Waals surface area contributed by atoms with Gasteiger partial charge in [0.15, 0.2) is 0 Å². The summed E-state index contributed by atoms with van der Waals surface area (Å²) in [6.45, 7) is 8.98. The van der Waals surface area contributed by atoms with Crippen LogP contribution in [0.2, 0.25) is 0 Å². The Hall–Kier alpha value is -1.95. The number of amides is 1. The normalized spacial score (nSPS) is 14.8. The van der Waals surface area contributed by atoms with Gasteiger partial charge in [-0.1, -0.05) is 15.9 Å². The largest absolute Gasteiger partial charge is 0.353 e. The van der Waals surface area contributed by atoms with Gasteiger partial charge in [-0.15, -0.1) is 0 Å². The van der Waals surface area contributed by atoms with E-state index in [1.165, 1.54) is 0 Å². The smallest absolute Gasteiger partial charge is 0.253 e. The summed E-state index contributed by atoms with van der Waals surface area (Å²) in [4.78, 5) is 25.8. The van der Waals surface area contributed by atoms with Gasteiger partial charge in [-0.05, 0) is 45.0 Å². The Morgan fingerprint density at radius 2 is 1.62 bits per heavy atom. The second kappa shape index (κ2) is 6.89. The molecule has 1 aromatic carbocycles. The van der Waals surface area contributed by atoms with Crippen LogP contribution in [-0.4, -0.2) is 47.0 Å². The molecule has 3 rings (SSSR count). The van der Waals surface area contributed by atoms with Gasteiger partial charge < -0.3 is 9.80 Å². The van der Waals surface area contributed by atoms with Gasteiger partial charge in [0.2, 0.25) is 0 Å². The van der Waals surface area contributed by atoms with Gasteiger partial charge in [0.05, 0.1) is 0 Å². The maximum Gasteiger partial charge on any atom is 0.253 e. The Labute approximate surface area is 150 Å². The third-order valence-electron chi connectivity index (χ3n) is 4.43. The number of nitrogens with zero attached hydrogens (tertiary/aromatic N) is 4. The lowest BCUT2D eigenvalue weighted by atomic mass is 10.1. The SMILES string of the molecule is Cc1nc(C)c(C)c(N2CCN(C(=O)c3ccc(Br)cc3)CC2)n1. The number of carbonyl (C=O) groups is 1. The Morgan fingerprint density at radius 3 is 2.25 bits per heavy atom. The maximum absolute atomic E-state index is 12.6. The van der Waals surface area contributed by atoms with Crippen LogP contribution in [0.1, 0.15) is 27.4 Å². The molecule has 0 aliphatic carbocycles. The molecule has 6 heteroatoms. The van der Waals surface area contributed by atoms with E-state index in [4.69, 9.17) is 0 Å². The molecule has 1 amide bonds. The predicted molar refractivity (Wildman–Crippen MR) is 98.5 cm³/mol. The number of hydrogen-bond donors (Lipinski definition) is 0. The number of anilines is 1. The van der Waals surface area contributed by atoms with Crippen LogP contribution in [0.15, 0.2) is 28.7 Å².